The van der Waals surface area contributed by atoms with E-state index in [1.165, 1.54) is 0 Å². The molecule has 3 amide bonds. The second-order valence-electron chi connectivity index (χ2n) is 8.96. The fraction of sp³-hybridized carbons (Fsp3) is 0.783. The molecular weight excluding hydrogens is 458 g/mol. The normalized spacial score (nSPS) is 16.2. The van der Waals surface area contributed by atoms with Crippen molar-refractivity contribution in [1.82, 2.24) is 16.0 Å². The fourth-order valence-electron chi connectivity index (χ4n) is 3.28. The van der Waals surface area contributed by atoms with E-state index in [4.69, 9.17) is 16.6 Å². The molecule has 35 heavy (non-hydrogen) atoms. The monoisotopic (exact) mass is 501 g/mol. The van der Waals surface area contributed by atoms with Gasteiger partial charge in [-0.3, -0.25) is 19.2 Å². The summed E-state index contributed by atoms with van der Waals surface area (Å²) >= 11 is 0. The number of carbonyl (C=O) groups is 5. The standard InChI is InChI=1S/C23H43N5O7/c1-5-13(3)18(25)21(32)26-15(9-7-8-12-24)20(31)28-19(14(4)6-2)22(33)27-16(23(34)35)10-11-17(29)30/h13-16,18-19H,5-12,24-25H2,1-4H3,(H,26,32)(H,27,33)(H,28,31)(H,29,30)(H,34,35). The number of carboxylic acids is 2. The minimum atomic E-state index is -1.42. The molecule has 0 heterocycles. The highest BCUT2D eigenvalue weighted by atomic mass is 16.4. The van der Waals surface area contributed by atoms with Crippen molar-refractivity contribution < 1.29 is 34.2 Å². The zero-order chi connectivity index (χ0) is 27.1. The van der Waals surface area contributed by atoms with Crippen molar-refractivity contribution in [1.29, 1.82) is 0 Å². The Bertz CT molecular complexity index is 718. The van der Waals surface area contributed by atoms with E-state index in [0.29, 0.717) is 32.2 Å². The molecule has 202 valence electrons. The van der Waals surface area contributed by atoms with Crippen LogP contribution in [0.5, 0.6) is 0 Å². The molecule has 0 bridgehead atoms. The predicted octanol–water partition coefficient (Wildman–Crippen LogP) is -0.0613. The van der Waals surface area contributed by atoms with Gasteiger partial charge >= 0.3 is 11.9 Å². The van der Waals surface area contributed by atoms with Crippen molar-refractivity contribution in [2.75, 3.05) is 6.54 Å². The van der Waals surface area contributed by atoms with Crippen LogP contribution in [0.15, 0.2) is 0 Å². The highest BCUT2D eigenvalue weighted by molar-refractivity contribution is 5.94. The van der Waals surface area contributed by atoms with Gasteiger partial charge in [0.2, 0.25) is 17.7 Å². The molecule has 0 aliphatic carbocycles. The van der Waals surface area contributed by atoms with E-state index in [9.17, 15) is 29.1 Å². The summed E-state index contributed by atoms with van der Waals surface area (Å²) in [6, 6.07) is -4.26. The average Bonchev–Trinajstić information content (AvgIpc) is 2.82. The molecule has 12 heteroatoms. The van der Waals surface area contributed by atoms with Crippen molar-refractivity contribution in [2.24, 2.45) is 23.3 Å². The van der Waals surface area contributed by atoms with Crippen LogP contribution in [0.1, 0.15) is 72.6 Å². The van der Waals surface area contributed by atoms with E-state index in [-0.39, 0.29) is 24.7 Å². The third-order valence-electron chi connectivity index (χ3n) is 6.19. The SMILES string of the molecule is CCC(C)C(N)C(=O)NC(CCCCN)C(=O)NC(C(=O)NC(CCC(=O)O)C(=O)O)C(C)CC. The maximum Gasteiger partial charge on any atom is 0.326 e. The lowest BCUT2D eigenvalue weighted by molar-refractivity contribution is -0.143. The number of hydrogen-bond donors (Lipinski definition) is 7. The molecule has 12 nitrogen and oxygen atoms in total. The third kappa shape index (κ3) is 12.0. The number of nitrogens with two attached hydrogens (primary N) is 2. The second-order valence-corrected chi connectivity index (χ2v) is 8.96. The number of hydrogen-bond acceptors (Lipinski definition) is 7. The van der Waals surface area contributed by atoms with Crippen molar-refractivity contribution in [3.05, 3.63) is 0 Å². The molecule has 0 rings (SSSR count). The lowest BCUT2D eigenvalue weighted by atomic mass is 9.96. The molecule has 6 atom stereocenters. The van der Waals surface area contributed by atoms with Crippen LogP contribution >= 0.6 is 0 Å². The number of carboxylic acid groups (broad SMARTS) is 2. The van der Waals surface area contributed by atoms with Gasteiger partial charge in [-0.15, -0.1) is 0 Å². The maximum absolute atomic E-state index is 13.1. The number of nitrogens with one attached hydrogen (secondary N) is 3. The molecule has 0 aromatic rings. The van der Waals surface area contributed by atoms with Gasteiger partial charge in [-0.2, -0.15) is 0 Å². The summed E-state index contributed by atoms with van der Waals surface area (Å²) in [4.78, 5) is 61.0. The Morgan fingerprint density at radius 3 is 1.83 bits per heavy atom. The fourth-order valence-corrected chi connectivity index (χ4v) is 3.28. The molecular formula is C23H43N5O7. The van der Waals surface area contributed by atoms with Gasteiger partial charge in [0.25, 0.3) is 0 Å². The van der Waals surface area contributed by atoms with Gasteiger partial charge in [-0.25, -0.2) is 4.79 Å². The van der Waals surface area contributed by atoms with Crippen LogP contribution in [0.2, 0.25) is 0 Å². The number of unbranched alkanes of at least 4 members (excludes halogenated alkanes) is 1. The van der Waals surface area contributed by atoms with Gasteiger partial charge in [0, 0.05) is 6.42 Å². The molecule has 0 saturated carbocycles. The number of carbonyl (C=O) groups excluding carboxylic acids is 3. The lowest BCUT2D eigenvalue weighted by Gasteiger charge is -2.28. The van der Waals surface area contributed by atoms with Crippen LogP contribution in [-0.4, -0.2) is 70.6 Å². The van der Waals surface area contributed by atoms with Gasteiger partial charge in [0.15, 0.2) is 0 Å². The summed E-state index contributed by atoms with van der Waals surface area (Å²) < 4.78 is 0. The minimum absolute atomic E-state index is 0.0971. The molecule has 0 aliphatic heterocycles. The van der Waals surface area contributed by atoms with E-state index < -0.39 is 60.2 Å². The van der Waals surface area contributed by atoms with E-state index in [2.05, 4.69) is 16.0 Å². The topological polar surface area (TPSA) is 214 Å². The van der Waals surface area contributed by atoms with E-state index in [1.54, 1.807) is 6.92 Å². The molecule has 0 aromatic heterocycles. The molecule has 0 aliphatic rings. The summed E-state index contributed by atoms with van der Waals surface area (Å²) in [5.41, 5.74) is 11.5. The summed E-state index contributed by atoms with van der Waals surface area (Å²) in [5.74, 6) is -4.84. The van der Waals surface area contributed by atoms with Crippen LogP contribution in [0, 0.1) is 11.8 Å². The van der Waals surface area contributed by atoms with Crippen molar-refractivity contribution in [3.63, 3.8) is 0 Å². The second kappa shape index (κ2) is 16.8. The molecule has 0 spiro atoms. The number of aliphatic carboxylic acids is 2. The van der Waals surface area contributed by atoms with Gasteiger partial charge in [0.05, 0.1) is 6.04 Å². The average molecular weight is 502 g/mol. The number of amides is 3. The van der Waals surface area contributed by atoms with Crippen LogP contribution < -0.4 is 27.4 Å². The van der Waals surface area contributed by atoms with E-state index in [0.717, 1.165) is 0 Å². The zero-order valence-corrected chi connectivity index (χ0v) is 21.2. The highest BCUT2D eigenvalue weighted by Gasteiger charge is 2.33. The van der Waals surface area contributed by atoms with Crippen molar-refractivity contribution in [3.8, 4) is 0 Å². The molecule has 6 unspecified atom stereocenters. The smallest absolute Gasteiger partial charge is 0.326 e. The largest absolute Gasteiger partial charge is 0.481 e. The van der Waals surface area contributed by atoms with Crippen LogP contribution in [0.3, 0.4) is 0 Å². The molecule has 0 fully saturated rings. The first-order valence-corrected chi connectivity index (χ1v) is 12.2. The Morgan fingerprint density at radius 2 is 1.34 bits per heavy atom. The van der Waals surface area contributed by atoms with Crippen LogP contribution in [0.4, 0.5) is 0 Å². The first kappa shape index (κ1) is 32.3. The number of rotatable bonds is 18. The minimum Gasteiger partial charge on any atom is -0.481 e. The van der Waals surface area contributed by atoms with Crippen molar-refractivity contribution in [2.45, 2.75) is 96.8 Å². The quantitative estimate of drug-likeness (QED) is 0.125. The van der Waals surface area contributed by atoms with Gasteiger partial charge in [-0.05, 0) is 44.1 Å². The van der Waals surface area contributed by atoms with Gasteiger partial charge < -0.3 is 37.6 Å². The van der Waals surface area contributed by atoms with E-state index in [1.807, 2.05) is 20.8 Å². The molecule has 0 radical (unpaired) electrons. The first-order valence-electron chi connectivity index (χ1n) is 12.2. The van der Waals surface area contributed by atoms with Crippen molar-refractivity contribution >= 4 is 29.7 Å². The summed E-state index contributed by atoms with van der Waals surface area (Å²) in [6.07, 6.45) is 1.91. The van der Waals surface area contributed by atoms with Crippen LogP contribution in [-0.2, 0) is 24.0 Å². The molecule has 9 N–H and O–H groups in total. The van der Waals surface area contributed by atoms with Gasteiger partial charge in [-0.1, -0.05) is 40.5 Å². The highest BCUT2D eigenvalue weighted by Crippen LogP contribution is 2.12. The Balaban J connectivity index is 5.60. The van der Waals surface area contributed by atoms with Gasteiger partial charge in [0.1, 0.15) is 18.1 Å². The maximum atomic E-state index is 13.1. The molecule has 0 saturated heterocycles. The Hall–Kier alpha value is -2.73. The summed E-state index contributed by atoms with van der Waals surface area (Å²) in [7, 11) is 0. The first-order chi connectivity index (χ1) is 16.4. The Kier molecular flexibility index (Phi) is 15.5. The Labute approximate surface area is 206 Å². The Morgan fingerprint density at radius 1 is 0.771 bits per heavy atom. The third-order valence-corrected chi connectivity index (χ3v) is 6.19. The summed E-state index contributed by atoms with van der Waals surface area (Å²) in [6.45, 7) is 7.68. The predicted molar refractivity (Wildman–Crippen MR) is 130 cm³/mol. The molecule has 0 aromatic carbocycles. The van der Waals surface area contributed by atoms with E-state index >= 15 is 0 Å². The van der Waals surface area contributed by atoms with Crippen LogP contribution in [0.25, 0.3) is 0 Å². The summed E-state index contributed by atoms with van der Waals surface area (Å²) in [5, 5.41) is 25.8. The zero-order valence-electron chi connectivity index (χ0n) is 21.2. The lowest BCUT2D eigenvalue weighted by Crippen LogP contribution is -2.59.